The van der Waals surface area contributed by atoms with Crippen LogP contribution < -0.4 is 0 Å². The van der Waals surface area contributed by atoms with Crippen molar-refractivity contribution in [3.05, 3.63) is 35.4 Å². The summed E-state index contributed by atoms with van der Waals surface area (Å²) >= 11 is 0. The first-order chi connectivity index (χ1) is 7.74. The molecule has 0 spiro atoms. The molecule has 0 bridgehead atoms. The molecule has 1 atom stereocenters. The molecule has 1 unspecified atom stereocenters. The number of fused-ring (bicyclic) bond motifs is 1. The van der Waals surface area contributed by atoms with Crippen LogP contribution in [-0.2, 0) is 0 Å². The number of rotatable bonds is 2. The summed E-state index contributed by atoms with van der Waals surface area (Å²) in [5, 5.41) is 0. The van der Waals surface area contributed by atoms with Gasteiger partial charge in [0.1, 0.15) is 0 Å². The van der Waals surface area contributed by atoms with E-state index in [1.807, 2.05) is 12.1 Å². The van der Waals surface area contributed by atoms with E-state index in [-0.39, 0.29) is 17.5 Å². The molecule has 0 aliphatic heterocycles. The first-order valence-electron chi connectivity index (χ1n) is 5.90. The molecular weight excluding hydrogens is 200 g/mol. The van der Waals surface area contributed by atoms with Crippen molar-refractivity contribution in [3.63, 3.8) is 0 Å². The fourth-order valence-corrected chi connectivity index (χ4v) is 2.36. The molecule has 2 rings (SSSR count). The summed E-state index contributed by atoms with van der Waals surface area (Å²) in [7, 11) is 0. The summed E-state index contributed by atoms with van der Waals surface area (Å²) in [5.41, 5.74) is 1.24. The molecular formula is C14H16O2. The van der Waals surface area contributed by atoms with Crippen LogP contribution in [0.5, 0.6) is 0 Å². The van der Waals surface area contributed by atoms with Crippen molar-refractivity contribution in [2.24, 2.45) is 5.92 Å². The second-order valence-corrected chi connectivity index (χ2v) is 4.36. The van der Waals surface area contributed by atoms with Gasteiger partial charge in [-0.1, -0.05) is 37.6 Å². The average molecular weight is 216 g/mol. The molecule has 1 aromatic rings. The number of Topliss-reactive ketones (excluding diaryl/α,β-unsaturated/α-hetero) is 2. The molecule has 84 valence electrons. The first kappa shape index (κ1) is 11.1. The van der Waals surface area contributed by atoms with E-state index in [1.165, 1.54) is 0 Å². The van der Waals surface area contributed by atoms with Crippen LogP contribution in [0.15, 0.2) is 24.3 Å². The van der Waals surface area contributed by atoms with Gasteiger partial charge in [-0.25, -0.2) is 0 Å². The van der Waals surface area contributed by atoms with E-state index < -0.39 is 0 Å². The first-order valence-corrected chi connectivity index (χ1v) is 5.90. The van der Waals surface area contributed by atoms with Crippen molar-refractivity contribution >= 4 is 11.6 Å². The van der Waals surface area contributed by atoms with Crippen LogP contribution in [-0.4, -0.2) is 11.6 Å². The van der Waals surface area contributed by atoms with Gasteiger partial charge >= 0.3 is 0 Å². The highest BCUT2D eigenvalue weighted by Gasteiger charge is 2.27. The molecule has 0 N–H and O–H groups in total. The minimum absolute atomic E-state index is 0.0394. The van der Waals surface area contributed by atoms with Crippen LogP contribution in [0.3, 0.4) is 0 Å². The van der Waals surface area contributed by atoms with Gasteiger partial charge in [-0.05, 0) is 12.8 Å². The maximum Gasteiger partial charge on any atom is 0.166 e. The summed E-state index contributed by atoms with van der Waals surface area (Å²) < 4.78 is 0. The molecule has 1 aromatic carbocycles. The number of carbonyl (C=O) groups excluding carboxylic acids is 2. The van der Waals surface area contributed by atoms with E-state index in [1.54, 1.807) is 12.1 Å². The third-order valence-corrected chi connectivity index (χ3v) is 3.22. The fourth-order valence-electron chi connectivity index (χ4n) is 2.36. The largest absolute Gasteiger partial charge is 0.294 e. The minimum atomic E-state index is 0.0394. The Bertz CT molecular complexity index is 420. The van der Waals surface area contributed by atoms with Crippen LogP contribution in [0.25, 0.3) is 0 Å². The normalized spacial score (nSPS) is 20.4. The smallest absolute Gasteiger partial charge is 0.166 e. The van der Waals surface area contributed by atoms with Gasteiger partial charge in [-0.3, -0.25) is 9.59 Å². The van der Waals surface area contributed by atoms with Crippen molar-refractivity contribution < 1.29 is 9.59 Å². The molecule has 0 amide bonds. The number of benzene rings is 1. The monoisotopic (exact) mass is 216 g/mol. The van der Waals surface area contributed by atoms with Gasteiger partial charge in [0.15, 0.2) is 11.6 Å². The predicted octanol–water partition coefficient (Wildman–Crippen LogP) is 3.26. The molecule has 0 saturated heterocycles. The van der Waals surface area contributed by atoms with Gasteiger partial charge in [0.05, 0.1) is 0 Å². The highest BCUT2D eigenvalue weighted by molar-refractivity contribution is 6.11. The lowest BCUT2D eigenvalue weighted by atomic mass is 9.91. The molecule has 0 saturated carbocycles. The van der Waals surface area contributed by atoms with Crippen LogP contribution in [0, 0.1) is 5.92 Å². The van der Waals surface area contributed by atoms with Gasteiger partial charge in [0.2, 0.25) is 0 Å². The zero-order valence-electron chi connectivity index (χ0n) is 9.53. The number of ketones is 2. The molecule has 0 fully saturated rings. The summed E-state index contributed by atoms with van der Waals surface area (Å²) in [6.07, 6.45) is 3.10. The Hall–Kier alpha value is -1.44. The molecule has 0 aromatic heterocycles. The van der Waals surface area contributed by atoms with Crippen molar-refractivity contribution in [2.45, 2.75) is 32.6 Å². The van der Waals surface area contributed by atoms with E-state index in [0.717, 1.165) is 12.8 Å². The maximum atomic E-state index is 12.2. The van der Waals surface area contributed by atoms with E-state index in [4.69, 9.17) is 0 Å². The topological polar surface area (TPSA) is 34.1 Å². The molecule has 1 aliphatic carbocycles. The lowest BCUT2D eigenvalue weighted by molar-refractivity contribution is 0.0906. The third kappa shape index (κ3) is 1.92. The fraction of sp³-hybridized carbons (Fsp3) is 0.429. The minimum Gasteiger partial charge on any atom is -0.294 e. The Labute approximate surface area is 95.7 Å². The van der Waals surface area contributed by atoms with Crippen LogP contribution in [0.4, 0.5) is 0 Å². The van der Waals surface area contributed by atoms with Gasteiger partial charge in [0.25, 0.3) is 0 Å². The maximum absolute atomic E-state index is 12.2. The van der Waals surface area contributed by atoms with Gasteiger partial charge < -0.3 is 0 Å². The van der Waals surface area contributed by atoms with E-state index >= 15 is 0 Å². The quantitative estimate of drug-likeness (QED) is 0.711. The standard InChI is InChI=1S/C14H16O2/c1-2-5-10-8-9-13(15)11-6-3-4-7-12(11)14(10)16/h3-4,6-7,10H,2,5,8-9H2,1H3. The van der Waals surface area contributed by atoms with E-state index in [0.29, 0.717) is 24.0 Å². The highest BCUT2D eigenvalue weighted by atomic mass is 16.1. The SMILES string of the molecule is CCCC1CCC(=O)c2ccccc2C1=O. The number of hydrogen-bond acceptors (Lipinski definition) is 2. The summed E-state index contributed by atoms with van der Waals surface area (Å²) in [6.45, 7) is 2.08. The third-order valence-electron chi connectivity index (χ3n) is 3.22. The number of carbonyl (C=O) groups is 2. The molecule has 2 nitrogen and oxygen atoms in total. The Morgan fingerprint density at radius 1 is 1.19 bits per heavy atom. The summed E-state index contributed by atoms with van der Waals surface area (Å²) in [6, 6.07) is 7.20. The molecule has 2 heteroatoms. The van der Waals surface area contributed by atoms with Crippen LogP contribution in [0.2, 0.25) is 0 Å². The molecule has 0 radical (unpaired) electrons. The number of hydrogen-bond donors (Lipinski definition) is 0. The lowest BCUT2D eigenvalue weighted by Crippen LogP contribution is -2.13. The second-order valence-electron chi connectivity index (χ2n) is 4.36. The average Bonchev–Trinajstić information content (AvgIpc) is 2.43. The van der Waals surface area contributed by atoms with Gasteiger partial charge in [0, 0.05) is 23.5 Å². The van der Waals surface area contributed by atoms with Crippen molar-refractivity contribution in [3.8, 4) is 0 Å². The zero-order chi connectivity index (χ0) is 11.5. The van der Waals surface area contributed by atoms with Crippen molar-refractivity contribution in [1.82, 2.24) is 0 Å². The van der Waals surface area contributed by atoms with Gasteiger partial charge in [-0.2, -0.15) is 0 Å². The van der Waals surface area contributed by atoms with Gasteiger partial charge in [-0.15, -0.1) is 0 Å². The molecule has 16 heavy (non-hydrogen) atoms. The Morgan fingerprint density at radius 3 is 2.56 bits per heavy atom. The Kier molecular flexibility index (Phi) is 3.18. The van der Waals surface area contributed by atoms with Crippen LogP contribution >= 0.6 is 0 Å². The molecule has 0 heterocycles. The molecule has 1 aliphatic rings. The summed E-state index contributed by atoms with van der Waals surface area (Å²) in [5.74, 6) is 0.309. The van der Waals surface area contributed by atoms with E-state index in [2.05, 4.69) is 6.92 Å². The van der Waals surface area contributed by atoms with Crippen molar-refractivity contribution in [2.75, 3.05) is 0 Å². The zero-order valence-corrected chi connectivity index (χ0v) is 9.53. The summed E-state index contributed by atoms with van der Waals surface area (Å²) in [4.78, 5) is 24.1. The lowest BCUT2D eigenvalue weighted by Gasteiger charge is -2.11. The Balaban J connectivity index is 2.41. The second kappa shape index (κ2) is 4.60. The van der Waals surface area contributed by atoms with Crippen LogP contribution in [0.1, 0.15) is 53.3 Å². The van der Waals surface area contributed by atoms with E-state index in [9.17, 15) is 9.59 Å². The highest BCUT2D eigenvalue weighted by Crippen LogP contribution is 2.27. The van der Waals surface area contributed by atoms with Crippen molar-refractivity contribution in [1.29, 1.82) is 0 Å². The Morgan fingerprint density at radius 2 is 1.88 bits per heavy atom. The predicted molar refractivity (Wildman–Crippen MR) is 62.7 cm³/mol.